The van der Waals surface area contributed by atoms with Gasteiger partial charge in [0.25, 0.3) is 5.91 Å². The van der Waals surface area contributed by atoms with Crippen molar-refractivity contribution in [3.8, 4) is 5.75 Å². The molecule has 5 heteroatoms. The zero-order chi connectivity index (χ0) is 13.6. The smallest absolute Gasteiger partial charge is 0.268 e. The fraction of sp³-hybridized carbons (Fsp3) is 0.462. The van der Waals surface area contributed by atoms with Gasteiger partial charge in [0.15, 0.2) is 0 Å². The van der Waals surface area contributed by atoms with Crippen LogP contribution in [0.4, 0.5) is 0 Å². The van der Waals surface area contributed by atoms with Crippen LogP contribution in [0.1, 0.15) is 31.1 Å². The normalized spacial score (nSPS) is 11.1. The van der Waals surface area contributed by atoms with Crippen LogP contribution in [0.3, 0.4) is 0 Å². The molecule has 0 aliphatic heterocycles. The van der Waals surface area contributed by atoms with E-state index >= 15 is 0 Å². The van der Waals surface area contributed by atoms with E-state index in [-0.39, 0.29) is 11.5 Å². The molecule has 1 rings (SSSR count). The lowest BCUT2D eigenvalue weighted by Crippen LogP contribution is -2.30. The van der Waals surface area contributed by atoms with Gasteiger partial charge < -0.3 is 9.47 Å². The summed E-state index contributed by atoms with van der Waals surface area (Å²) in [6.45, 7) is 6.77. The van der Waals surface area contributed by atoms with Gasteiger partial charge in [-0.15, -0.1) is 0 Å². The van der Waals surface area contributed by atoms with E-state index < -0.39 is 0 Å². The molecule has 0 atom stereocenters. The summed E-state index contributed by atoms with van der Waals surface area (Å²) in [5.74, 6) is 5.23. The molecule has 0 aliphatic carbocycles. The summed E-state index contributed by atoms with van der Waals surface area (Å²) < 4.78 is 11.0. The molecular weight excluding hydrogens is 232 g/mol. The predicted octanol–water partition coefficient (Wildman–Crippen LogP) is 1.48. The van der Waals surface area contributed by atoms with Crippen LogP contribution in [0.15, 0.2) is 24.3 Å². The van der Waals surface area contributed by atoms with Crippen molar-refractivity contribution in [2.45, 2.75) is 26.4 Å². The van der Waals surface area contributed by atoms with Crippen molar-refractivity contribution < 1.29 is 14.3 Å². The van der Waals surface area contributed by atoms with Crippen LogP contribution >= 0.6 is 0 Å². The second kappa shape index (κ2) is 6.37. The first kappa shape index (κ1) is 14.5. The van der Waals surface area contributed by atoms with E-state index in [4.69, 9.17) is 15.3 Å². The van der Waals surface area contributed by atoms with Crippen molar-refractivity contribution in [3.63, 3.8) is 0 Å². The number of amides is 1. The first-order valence-electron chi connectivity index (χ1n) is 5.81. The minimum atomic E-state index is -0.373. The molecule has 100 valence electrons. The van der Waals surface area contributed by atoms with E-state index in [9.17, 15) is 4.79 Å². The van der Waals surface area contributed by atoms with Crippen molar-refractivity contribution in [2.24, 2.45) is 5.84 Å². The van der Waals surface area contributed by atoms with Crippen molar-refractivity contribution in [2.75, 3.05) is 13.2 Å². The van der Waals surface area contributed by atoms with Crippen LogP contribution < -0.4 is 16.0 Å². The zero-order valence-electron chi connectivity index (χ0n) is 11.0. The average molecular weight is 252 g/mol. The number of hydrogen-bond acceptors (Lipinski definition) is 4. The summed E-state index contributed by atoms with van der Waals surface area (Å²) in [6.07, 6.45) is 0. The molecule has 18 heavy (non-hydrogen) atoms. The minimum absolute atomic E-state index is 0.197. The number of hydrogen-bond donors (Lipinski definition) is 2. The standard InChI is InChI=1S/C13H20N2O3/c1-13(2,3)18-9-8-17-11-7-5-4-6-10(11)12(16)15-14/h4-7H,8-9,14H2,1-3H3,(H,15,16). The fourth-order valence-corrected chi connectivity index (χ4v) is 1.36. The molecule has 0 heterocycles. The number of rotatable bonds is 5. The molecule has 0 aliphatic rings. The van der Waals surface area contributed by atoms with Crippen LogP contribution in [0.2, 0.25) is 0 Å². The Hall–Kier alpha value is -1.59. The topological polar surface area (TPSA) is 73.6 Å². The zero-order valence-corrected chi connectivity index (χ0v) is 11.0. The number of nitrogens with one attached hydrogen (secondary N) is 1. The molecule has 1 amide bonds. The van der Waals surface area contributed by atoms with E-state index in [1.165, 1.54) is 0 Å². The fourth-order valence-electron chi connectivity index (χ4n) is 1.36. The van der Waals surface area contributed by atoms with Gasteiger partial charge in [-0.25, -0.2) is 5.84 Å². The van der Waals surface area contributed by atoms with Crippen molar-refractivity contribution in [1.82, 2.24) is 5.43 Å². The number of para-hydroxylation sites is 1. The SMILES string of the molecule is CC(C)(C)OCCOc1ccccc1C(=O)NN. The van der Waals surface area contributed by atoms with Gasteiger partial charge in [-0.1, -0.05) is 12.1 Å². The molecule has 0 unspecified atom stereocenters. The molecule has 0 aromatic heterocycles. The third-order valence-corrected chi connectivity index (χ3v) is 2.14. The molecule has 1 aromatic rings. The average Bonchev–Trinajstić information content (AvgIpc) is 2.33. The van der Waals surface area contributed by atoms with Crippen LogP contribution in [-0.4, -0.2) is 24.7 Å². The van der Waals surface area contributed by atoms with Crippen molar-refractivity contribution >= 4 is 5.91 Å². The van der Waals surface area contributed by atoms with E-state index in [1.54, 1.807) is 24.3 Å². The Morgan fingerprint density at radius 1 is 1.28 bits per heavy atom. The molecule has 0 saturated carbocycles. The summed E-state index contributed by atoms with van der Waals surface area (Å²) in [5, 5.41) is 0. The molecular formula is C13H20N2O3. The molecule has 3 N–H and O–H groups in total. The summed E-state index contributed by atoms with van der Waals surface area (Å²) in [5.41, 5.74) is 2.30. The second-order valence-corrected chi connectivity index (χ2v) is 4.78. The Morgan fingerprint density at radius 3 is 2.56 bits per heavy atom. The molecule has 0 bridgehead atoms. The number of ether oxygens (including phenoxy) is 2. The number of nitrogen functional groups attached to an aromatic ring is 1. The van der Waals surface area contributed by atoms with Gasteiger partial charge in [0.1, 0.15) is 12.4 Å². The second-order valence-electron chi connectivity index (χ2n) is 4.78. The summed E-state index contributed by atoms with van der Waals surface area (Å²) in [4.78, 5) is 11.5. The van der Waals surface area contributed by atoms with E-state index in [0.717, 1.165) is 0 Å². The van der Waals surface area contributed by atoms with Gasteiger partial charge in [0.05, 0.1) is 17.8 Å². The largest absolute Gasteiger partial charge is 0.490 e. The molecule has 0 radical (unpaired) electrons. The van der Waals surface area contributed by atoms with Gasteiger partial charge in [-0.2, -0.15) is 0 Å². The number of nitrogens with two attached hydrogens (primary N) is 1. The van der Waals surface area contributed by atoms with Gasteiger partial charge in [-0.05, 0) is 32.9 Å². The first-order chi connectivity index (χ1) is 8.44. The maximum atomic E-state index is 11.5. The summed E-state index contributed by atoms with van der Waals surface area (Å²) in [6, 6.07) is 6.93. The Morgan fingerprint density at radius 2 is 1.94 bits per heavy atom. The number of carbonyl (C=O) groups is 1. The minimum Gasteiger partial charge on any atom is -0.490 e. The van der Waals surface area contributed by atoms with Crippen LogP contribution in [0.5, 0.6) is 5.75 Å². The van der Waals surface area contributed by atoms with Gasteiger partial charge in [0.2, 0.25) is 0 Å². The van der Waals surface area contributed by atoms with E-state index in [2.05, 4.69) is 5.43 Å². The lowest BCUT2D eigenvalue weighted by atomic mass is 10.2. The molecule has 0 spiro atoms. The number of hydrazine groups is 1. The molecule has 1 aromatic carbocycles. The Kier molecular flexibility index (Phi) is 5.12. The van der Waals surface area contributed by atoms with E-state index in [1.807, 2.05) is 20.8 Å². The predicted molar refractivity (Wildman–Crippen MR) is 69.3 cm³/mol. The highest BCUT2D eigenvalue weighted by atomic mass is 16.5. The lowest BCUT2D eigenvalue weighted by Gasteiger charge is -2.19. The maximum absolute atomic E-state index is 11.5. The van der Waals surface area contributed by atoms with Crippen molar-refractivity contribution in [1.29, 1.82) is 0 Å². The summed E-state index contributed by atoms with van der Waals surface area (Å²) in [7, 11) is 0. The third-order valence-electron chi connectivity index (χ3n) is 2.14. The Labute approximate surface area is 107 Å². The maximum Gasteiger partial charge on any atom is 0.268 e. The highest BCUT2D eigenvalue weighted by molar-refractivity contribution is 5.96. The number of benzene rings is 1. The van der Waals surface area contributed by atoms with Gasteiger partial charge in [-0.3, -0.25) is 10.2 Å². The highest BCUT2D eigenvalue weighted by Gasteiger charge is 2.12. The van der Waals surface area contributed by atoms with Crippen LogP contribution in [0, 0.1) is 0 Å². The van der Waals surface area contributed by atoms with Crippen LogP contribution in [-0.2, 0) is 4.74 Å². The molecule has 0 fully saturated rings. The molecule has 5 nitrogen and oxygen atoms in total. The van der Waals surface area contributed by atoms with Crippen LogP contribution in [0.25, 0.3) is 0 Å². The van der Waals surface area contributed by atoms with Crippen molar-refractivity contribution in [3.05, 3.63) is 29.8 Å². The quantitative estimate of drug-likeness (QED) is 0.360. The number of carbonyl (C=O) groups excluding carboxylic acids is 1. The third kappa shape index (κ3) is 4.73. The monoisotopic (exact) mass is 252 g/mol. The Bertz CT molecular complexity index is 399. The van der Waals surface area contributed by atoms with Gasteiger partial charge in [0, 0.05) is 0 Å². The first-order valence-corrected chi connectivity index (χ1v) is 5.81. The highest BCUT2D eigenvalue weighted by Crippen LogP contribution is 2.17. The van der Waals surface area contributed by atoms with Gasteiger partial charge >= 0.3 is 0 Å². The lowest BCUT2D eigenvalue weighted by molar-refractivity contribution is -0.0163. The summed E-state index contributed by atoms with van der Waals surface area (Å²) >= 11 is 0. The van der Waals surface area contributed by atoms with E-state index in [0.29, 0.717) is 24.5 Å². The Balaban J connectivity index is 2.54. The molecule has 0 saturated heterocycles.